The first-order valence-corrected chi connectivity index (χ1v) is 7.08. The highest BCUT2D eigenvalue weighted by Crippen LogP contribution is 2.19. The summed E-state index contributed by atoms with van der Waals surface area (Å²) in [5, 5.41) is 3.34. The Labute approximate surface area is 121 Å². The van der Waals surface area contributed by atoms with E-state index < -0.39 is 0 Å². The third-order valence-corrected chi connectivity index (χ3v) is 3.12. The van der Waals surface area contributed by atoms with Crippen LogP contribution in [0.25, 0.3) is 0 Å². The van der Waals surface area contributed by atoms with E-state index in [0.29, 0.717) is 12.5 Å². The standard InChI is InChI=1S/C17H22N2O/c1-14(2)16-6-3-7-17(11-16)20-10-9-19-13-15-5-4-8-18-12-15/h3-8,11-12,14,19H,9-10,13H2,1-2H3. The van der Waals surface area contributed by atoms with Crippen molar-refractivity contribution in [1.29, 1.82) is 0 Å². The minimum atomic E-state index is 0.530. The van der Waals surface area contributed by atoms with Crippen molar-refractivity contribution < 1.29 is 4.74 Å². The average Bonchev–Trinajstić information content (AvgIpc) is 2.48. The van der Waals surface area contributed by atoms with Gasteiger partial charge in [0.2, 0.25) is 0 Å². The third-order valence-electron chi connectivity index (χ3n) is 3.12. The Morgan fingerprint density at radius 2 is 2.10 bits per heavy atom. The van der Waals surface area contributed by atoms with Crippen LogP contribution in [0.5, 0.6) is 5.75 Å². The number of hydrogen-bond acceptors (Lipinski definition) is 3. The molecule has 0 aliphatic carbocycles. The van der Waals surface area contributed by atoms with Gasteiger partial charge in [0.05, 0.1) is 0 Å². The van der Waals surface area contributed by atoms with Crippen LogP contribution in [0, 0.1) is 0 Å². The highest BCUT2D eigenvalue weighted by atomic mass is 16.5. The van der Waals surface area contributed by atoms with Gasteiger partial charge in [0.15, 0.2) is 0 Å². The van der Waals surface area contributed by atoms with Gasteiger partial charge in [0.1, 0.15) is 12.4 Å². The van der Waals surface area contributed by atoms with Crippen LogP contribution in [0.3, 0.4) is 0 Å². The zero-order valence-electron chi connectivity index (χ0n) is 12.2. The number of hydrogen-bond donors (Lipinski definition) is 1. The average molecular weight is 270 g/mol. The summed E-state index contributed by atoms with van der Waals surface area (Å²) in [6.45, 7) is 6.69. The Balaban J connectivity index is 1.69. The molecule has 3 nitrogen and oxygen atoms in total. The van der Waals surface area contributed by atoms with Crippen molar-refractivity contribution in [3.63, 3.8) is 0 Å². The van der Waals surface area contributed by atoms with Crippen LogP contribution in [-0.2, 0) is 6.54 Å². The molecule has 1 N–H and O–H groups in total. The molecule has 0 saturated heterocycles. The van der Waals surface area contributed by atoms with E-state index in [4.69, 9.17) is 4.74 Å². The first-order valence-electron chi connectivity index (χ1n) is 7.08. The second-order valence-electron chi connectivity index (χ2n) is 5.11. The van der Waals surface area contributed by atoms with Crippen molar-refractivity contribution in [1.82, 2.24) is 10.3 Å². The molecule has 106 valence electrons. The SMILES string of the molecule is CC(C)c1cccc(OCCNCc2cccnc2)c1. The topological polar surface area (TPSA) is 34.1 Å². The molecule has 0 atom stereocenters. The molecule has 2 rings (SSSR count). The van der Waals surface area contributed by atoms with Crippen LogP contribution >= 0.6 is 0 Å². The van der Waals surface area contributed by atoms with Crippen LogP contribution in [0.15, 0.2) is 48.8 Å². The van der Waals surface area contributed by atoms with E-state index in [-0.39, 0.29) is 0 Å². The van der Waals surface area contributed by atoms with E-state index >= 15 is 0 Å². The molecule has 2 aromatic rings. The predicted molar refractivity (Wildman–Crippen MR) is 82.0 cm³/mol. The van der Waals surface area contributed by atoms with Gasteiger partial charge in [-0.25, -0.2) is 0 Å². The number of nitrogens with zero attached hydrogens (tertiary/aromatic N) is 1. The molecule has 1 heterocycles. The third kappa shape index (κ3) is 4.67. The normalized spacial score (nSPS) is 10.8. The van der Waals surface area contributed by atoms with E-state index in [1.54, 1.807) is 6.20 Å². The minimum Gasteiger partial charge on any atom is -0.492 e. The lowest BCUT2D eigenvalue weighted by atomic mass is 10.0. The lowest BCUT2D eigenvalue weighted by Crippen LogP contribution is -2.20. The van der Waals surface area contributed by atoms with E-state index in [9.17, 15) is 0 Å². The summed E-state index contributed by atoms with van der Waals surface area (Å²) in [7, 11) is 0. The summed E-state index contributed by atoms with van der Waals surface area (Å²) in [5.74, 6) is 1.47. The molecule has 0 saturated carbocycles. The first kappa shape index (κ1) is 14.5. The highest BCUT2D eigenvalue weighted by molar-refractivity contribution is 5.30. The van der Waals surface area contributed by atoms with Crippen LogP contribution < -0.4 is 10.1 Å². The molecule has 0 amide bonds. The molecule has 0 fully saturated rings. The van der Waals surface area contributed by atoms with Crippen molar-refractivity contribution in [2.45, 2.75) is 26.3 Å². The molecule has 0 spiro atoms. The zero-order valence-corrected chi connectivity index (χ0v) is 12.2. The molecule has 0 bridgehead atoms. The van der Waals surface area contributed by atoms with Crippen molar-refractivity contribution in [2.24, 2.45) is 0 Å². The fourth-order valence-corrected chi connectivity index (χ4v) is 1.94. The number of rotatable bonds is 7. The number of pyridine rings is 1. The second-order valence-corrected chi connectivity index (χ2v) is 5.11. The van der Waals surface area contributed by atoms with Gasteiger partial charge in [-0.05, 0) is 35.2 Å². The molecular weight excluding hydrogens is 248 g/mol. The first-order chi connectivity index (χ1) is 9.75. The van der Waals surface area contributed by atoms with E-state index in [1.165, 1.54) is 11.1 Å². The van der Waals surface area contributed by atoms with Gasteiger partial charge < -0.3 is 10.1 Å². The Morgan fingerprint density at radius 3 is 2.85 bits per heavy atom. The van der Waals surface area contributed by atoms with Crippen molar-refractivity contribution in [3.8, 4) is 5.75 Å². The van der Waals surface area contributed by atoms with E-state index in [1.807, 2.05) is 24.4 Å². The molecular formula is C17H22N2O. The maximum atomic E-state index is 5.76. The molecule has 0 aliphatic rings. The van der Waals surface area contributed by atoms with Crippen molar-refractivity contribution in [2.75, 3.05) is 13.2 Å². The minimum absolute atomic E-state index is 0.530. The quantitative estimate of drug-likeness (QED) is 0.783. The van der Waals surface area contributed by atoms with Crippen molar-refractivity contribution in [3.05, 3.63) is 59.9 Å². The smallest absolute Gasteiger partial charge is 0.119 e. The second kappa shape index (κ2) is 7.65. The Morgan fingerprint density at radius 1 is 1.20 bits per heavy atom. The summed E-state index contributed by atoms with van der Waals surface area (Å²) in [4.78, 5) is 4.09. The van der Waals surface area contributed by atoms with Gasteiger partial charge in [-0.1, -0.05) is 32.0 Å². The van der Waals surface area contributed by atoms with Gasteiger partial charge in [-0.2, -0.15) is 0 Å². The maximum absolute atomic E-state index is 5.76. The van der Waals surface area contributed by atoms with Gasteiger partial charge in [-0.3, -0.25) is 4.98 Å². The lowest BCUT2D eigenvalue weighted by molar-refractivity contribution is 0.313. The molecule has 20 heavy (non-hydrogen) atoms. The fraction of sp³-hybridized carbons (Fsp3) is 0.353. The number of benzene rings is 1. The lowest BCUT2D eigenvalue weighted by Gasteiger charge is -2.10. The Hall–Kier alpha value is -1.87. The largest absolute Gasteiger partial charge is 0.492 e. The van der Waals surface area contributed by atoms with Gasteiger partial charge in [-0.15, -0.1) is 0 Å². The predicted octanol–water partition coefficient (Wildman–Crippen LogP) is 3.37. The molecule has 0 aliphatic heterocycles. The molecule has 0 radical (unpaired) electrons. The van der Waals surface area contributed by atoms with Gasteiger partial charge in [0.25, 0.3) is 0 Å². The fourth-order valence-electron chi connectivity index (χ4n) is 1.94. The molecule has 1 aromatic carbocycles. The van der Waals surface area contributed by atoms with E-state index in [0.717, 1.165) is 18.8 Å². The molecule has 1 aromatic heterocycles. The van der Waals surface area contributed by atoms with Gasteiger partial charge >= 0.3 is 0 Å². The number of ether oxygens (including phenoxy) is 1. The zero-order chi connectivity index (χ0) is 14.2. The molecule has 3 heteroatoms. The summed E-state index contributed by atoms with van der Waals surface area (Å²) in [5.41, 5.74) is 2.50. The van der Waals surface area contributed by atoms with E-state index in [2.05, 4.69) is 42.3 Å². The summed E-state index contributed by atoms with van der Waals surface area (Å²) in [6, 6.07) is 12.3. The number of nitrogens with one attached hydrogen (secondary N) is 1. The monoisotopic (exact) mass is 270 g/mol. The number of aromatic nitrogens is 1. The summed E-state index contributed by atoms with van der Waals surface area (Å²) >= 11 is 0. The van der Waals surface area contributed by atoms with Crippen molar-refractivity contribution >= 4 is 0 Å². The van der Waals surface area contributed by atoms with Crippen LogP contribution in [0.4, 0.5) is 0 Å². The summed E-state index contributed by atoms with van der Waals surface area (Å²) < 4.78 is 5.76. The van der Waals surface area contributed by atoms with Gasteiger partial charge in [0, 0.05) is 25.5 Å². The molecule has 0 unspecified atom stereocenters. The highest BCUT2D eigenvalue weighted by Gasteiger charge is 2.00. The Bertz CT molecular complexity index is 511. The van der Waals surface area contributed by atoms with Crippen LogP contribution in [-0.4, -0.2) is 18.1 Å². The summed E-state index contributed by atoms with van der Waals surface area (Å²) in [6.07, 6.45) is 3.66. The maximum Gasteiger partial charge on any atom is 0.119 e. The van der Waals surface area contributed by atoms with Crippen LogP contribution in [0.1, 0.15) is 30.9 Å². The Kier molecular flexibility index (Phi) is 5.56. The van der Waals surface area contributed by atoms with Crippen LogP contribution in [0.2, 0.25) is 0 Å².